The number of carbonyl (C=O) groups excluding carboxylic acids is 1. The van der Waals surface area contributed by atoms with E-state index in [4.69, 9.17) is 4.74 Å². The number of anilines is 1. The van der Waals surface area contributed by atoms with E-state index in [1.165, 1.54) is 6.20 Å². The molecule has 0 radical (unpaired) electrons. The lowest BCUT2D eigenvalue weighted by atomic mass is 10.2. The summed E-state index contributed by atoms with van der Waals surface area (Å²) in [7, 11) is 0. The monoisotopic (exact) mass is 258 g/mol. The predicted molar refractivity (Wildman–Crippen MR) is 69.3 cm³/mol. The molecule has 6 heteroatoms. The number of hydrogen-bond acceptors (Lipinski definition) is 4. The van der Waals surface area contributed by atoms with E-state index >= 15 is 0 Å². The van der Waals surface area contributed by atoms with Crippen LogP contribution in [0.25, 0.3) is 0 Å². The van der Waals surface area contributed by atoms with Gasteiger partial charge in [0.25, 0.3) is 5.91 Å². The van der Waals surface area contributed by atoms with Crippen LogP contribution in [0.3, 0.4) is 0 Å². The van der Waals surface area contributed by atoms with Gasteiger partial charge in [0.1, 0.15) is 11.4 Å². The third-order valence-corrected chi connectivity index (χ3v) is 2.95. The quantitative estimate of drug-likeness (QED) is 0.888. The fourth-order valence-electron chi connectivity index (χ4n) is 2.01. The topological polar surface area (TPSA) is 69.0 Å². The average Bonchev–Trinajstić information content (AvgIpc) is 2.82. The molecule has 1 aliphatic rings. The van der Waals surface area contributed by atoms with Crippen molar-refractivity contribution in [2.24, 2.45) is 0 Å². The summed E-state index contributed by atoms with van der Waals surface area (Å²) in [5.74, 6) is 0.818. The molecule has 0 fully saturated rings. The molecule has 2 aromatic heterocycles. The van der Waals surface area contributed by atoms with Gasteiger partial charge in [0.05, 0.1) is 12.8 Å². The summed E-state index contributed by atoms with van der Waals surface area (Å²) in [6.45, 7) is 3.35. The minimum atomic E-state index is -0.249. The maximum absolute atomic E-state index is 12.2. The Kier molecular flexibility index (Phi) is 2.91. The van der Waals surface area contributed by atoms with Gasteiger partial charge in [0, 0.05) is 19.2 Å². The van der Waals surface area contributed by atoms with Crippen LogP contribution in [0.5, 0.6) is 5.88 Å². The lowest BCUT2D eigenvalue weighted by Gasteiger charge is -2.15. The molecule has 1 amide bonds. The van der Waals surface area contributed by atoms with E-state index in [0.717, 1.165) is 18.5 Å². The molecule has 98 valence electrons. The molecule has 1 aliphatic heterocycles. The number of aryl methyl sites for hydroxylation is 2. The maximum Gasteiger partial charge on any atom is 0.263 e. The van der Waals surface area contributed by atoms with Crippen LogP contribution in [0.4, 0.5) is 5.82 Å². The second kappa shape index (κ2) is 4.72. The predicted octanol–water partition coefficient (Wildman–Crippen LogP) is 1.62. The molecule has 0 bridgehead atoms. The molecule has 0 aliphatic carbocycles. The summed E-state index contributed by atoms with van der Waals surface area (Å²) in [5.41, 5.74) is 1.49. The molecule has 2 aromatic rings. The molecule has 1 N–H and O–H groups in total. The first-order valence-corrected chi connectivity index (χ1v) is 6.16. The molecule has 0 saturated heterocycles. The van der Waals surface area contributed by atoms with Gasteiger partial charge >= 0.3 is 0 Å². The summed E-state index contributed by atoms with van der Waals surface area (Å²) < 4.78 is 7.21. The Morgan fingerprint density at radius 3 is 3.26 bits per heavy atom. The highest BCUT2D eigenvalue weighted by Gasteiger charge is 2.21. The van der Waals surface area contributed by atoms with Crippen LogP contribution in [-0.2, 0) is 6.54 Å². The van der Waals surface area contributed by atoms with Crippen molar-refractivity contribution in [1.29, 1.82) is 0 Å². The lowest BCUT2D eigenvalue weighted by molar-refractivity contribution is 0.102. The molecule has 0 aromatic carbocycles. The highest BCUT2D eigenvalue weighted by Crippen LogP contribution is 2.23. The number of nitrogens with one attached hydrogen (secondary N) is 1. The summed E-state index contributed by atoms with van der Waals surface area (Å²) in [4.78, 5) is 16.3. The zero-order valence-corrected chi connectivity index (χ0v) is 10.6. The Bertz CT molecular complexity index is 621. The first-order valence-electron chi connectivity index (χ1n) is 6.16. The van der Waals surface area contributed by atoms with Crippen LogP contribution in [-0.4, -0.2) is 27.3 Å². The smallest absolute Gasteiger partial charge is 0.263 e. The Morgan fingerprint density at radius 1 is 1.53 bits per heavy atom. The number of fused-ring (bicyclic) bond motifs is 1. The van der Waals surface area contributed by atoms with Crippen molar-refractivity contribution in [3.8, 4) is 5.88 Å². The molecule has 0 saturated carbocycles. The number of pyridine rings is 1. The SMILES string of the molecule is Cc1ccnc(NC(=O)c2cnn3c2OCCC3)c1. The fourth-order valence-corrected chi connectivity index (χ4v) is 2.01. The Balaban J connectivity index is 1.83. The second-order valence-electron chi connectivity index (χ2n) is 4.46. The number of hydrogen-bond donors (Lipinski definition) is 1. The van der Waals surface area contributed by atoms with Crippen LogP contribution in [0, 0.1) is 6.92 Å². The largest absolute Gasteiger partial charge is 0.477 e. The molecule has 0 unspecified atom stereocenters. The molecular formula is C13H14N4O2. The van der Waals surface area contributed by atoms with E-state index in [-0.39, 0.29) is 5.91 Å². The summed E-state index contributed by atoms with van der Waals surface area (Å²) in [5, 5.41) is 6.90. The van der Waals surface area contributed by atoms with E-state index in [1.54, 1.807) is 10.9 Å². The summed E-state index contributed by atoms with van der Waals surface area (Å²) >= 11 is 0. The van der Waals surface area contributed by atoms with E-state index < -0.39 is 0 Å². The molecular weight excluding hydrogens is 244 g/mol. The molecule has 3 heterocycles. The minimum absolute atomic E-state index is 0.249. The van der Waals surface area contributed by atoms with Crippen molar-refractivity contribution in [2.75, 3.05) is 11.9 Å². The van der Waals surface area contributed by atoms with Crippen LogP contribution < -0.4 is 10.1 Å². The van der Waals surface area contributed by atoms with Crippen LogP contribution in [0.2, 0.25) is 0 Å². The van der Waals surface area contributed by atoms with Gasteiger partial charge in [-0.3, -0.25) is 4.79 Å². The van der Waals surface area contributed by atoms with E-state index in [0.29, 0.717) is 23.9 Å². The van der Waals surface area contributed by atoms with E-state index in [9.17, 15) is 4.79 Å². The first-order chi connectivity index (χ1) is 9.24. The van der Waals surface area contributed by atoms with Gasteiger partial charge in [-0.1, -0.05) is 0 Å². The molecule has 6 nitrogen and oxygen atoms in total. The first kappa shape index (κ1) is 11.7. The zero-order chi connectivity index (χ0) is 13.2. The molecule has 0 spiro atoms. The fraction of sp³-hybridized carbons (Fsp3) is 0.308. The van der Waals surface area contributed by atoms with Gasteiger partial charge in [-0.25, -0.2) is 9.67 Å². The molecule has 3 rings (SSSR count). The number of nitrogens with zero attached hydrogens (tertiary/aromatic N) is 3. The summed E-state index contributed by atoms with van der Waals surface area (Å²) in [6.07, 6.45) is 4.11. The molecule has 19 heavy (non-hydrogen) atoms. The molecule has 0 atom stereocenters. The number of rotatable bonds is 2. The van der Waals surface area contributed by atoms with Gasteiger partial charge in [-0.15, -0.1) is 0 Å². The van der Waals surface area contributed by atoms with E-state index in [2.05, 4.69) is 15.4 Å². The summed E-state index contributed by atoms with van der Waals surface area (Å²) in [6, 6.07) is 3.69. The van der Waals surface area contributed by atoms with Gasteiger partial charge in [-0.2, -0.15) is 5.10 Å². The Hall–Kier alpha value is -2.37. The lowest BCUT2D eigenvalue weighted by Crippen LogP contribution is -2.18. The van der Waals surface area contributed by atoms with Crippen molar-refractivity contribution in [3.05, 3.63) is 35.7 Å². The normalized spacial score (nSPS) is 13.5. The van der Waals surface area contributed by atoms with Crippen molar-refractivity contribution >= 4 is 11.7 Å². The number of aromatic nitrogens is 3. The van der Waals surface area contributed by atoms with Gasteiger partial charge in [0.2, 0.25) is 5.88 Å². The number of carbonyl (C=O) groups is 1. The minimum Gasteiger partial charge on any atom is -0.477 e. The van der Waals surface area contributed by atoms with Crippen molar-refractivity contribution in [3.63, 3.8) is 0 Å². The van der Waals surface area contributed by atoms with Crippen molar-refractivity contribution in [2.45, 2.75) is 19.9 Å². The van der Waals surface area contributed by atoms with Crippen molar-refractivity contribution < 1.29 is 9.53 Å². The van der Waals surface area contributed by atoms with Crippen molar-refractivity contribution in [1.82, 2.24) is 14.8 Å². The number of amides is 1. The van der Waals surface area contributed by atoms with E-state index in [1.807, 2.05) is 19.1 Å². The Morgan fingerprint density at radius 2 is 2.42 bits per heavy atom. The van der Waals surface area contributed by atoms with Gasteiger partial charge in [-0.05, 0) is 24.6 Å². The Labute approximate surface area is 110 Å². The van der Waals surface area contributed by atoms with Gasteiger partial charge in [0.15, 0.2) is 0 Å². The average molecular weight is 258 g/mol. The second-order valence-corrected chi connectivity index (χ2v) is 4.46. The highest BCUT2D eigenvalue weighted by molar-refractivity contribution is 6.05. The third kappa shape index (κ3) is 2.29. The zero-order valence-electron chi connectivity index (χ0n) is 10.6. The standard InChI is InChI=1S/C13H14N4O2/c1-9-3-4-14-11(7-9)16-12(18)10-8-15-17-5-2-6-19-13(10)17/h3-4,7-8H,2,5-6H2,1H3,(H,14,16,18). The maximum atomic E-state index is 12.2. The van der Waals surface area contributed by atoms with Gasteiger partial charge < -0.3 is 10.1 Å². The highest BCUT2D eigenvalue weighted by atomic mass is 16.5. The number of ether oxygens (including phenoxy) is 1. The van der Waals surface area contributed by atoms with Crippen LogP contribution in [0.15, 0.2) is 24.5 Å². The van der Waals surface area contributed by atoms with Crippen LogP contribution in [0.1, 0.15) is 22.3 Å². The third-order valence-electron chi connectivity index (χ3n) is 2.95. The van der Waals surface area contributed by atoms with Crippen LogP contribution >= 0.6 is 0 Å².